The van der Waals surface area contributed by atoms with E-state index in [4.69, 9.17) is 4.99 Å². The molecule has 1 aromatic carbocycles. The van der Waals surface area contributed by atoms with Crippen molar-refractivity contribution in [2.75, 3.05) is 24.5 Å². The Morgan fingerprint density at radius 2 is 2.30 bits per heavy atom. The van der Waals surface area contributed by atoms with Gasteiger partial charge in [-0.1, -0.05) is 12.1 Å². The van der Waals surface area contributed by atoms with Gasteiger partial charge in [0.1, 0.15) is 0 Å². The largest absolute Gasteiger partial charge is 0.368 e. The highest BCUT2D eigenvalue weighted by molar-refractivity contribution is 9.10. The van der Waals surface area contributed by atoms with Crippen LogP contribution in [0.1, 0.15) is 19.0 Å². The summed E-state index contributed by atoms with van der Waals surface area (Å²) in [7, 11) is 0. The van der Waals surface area contributed by atoms with Crippen molar-refractivity contribution in [3.63, 3.8) is 0 Å². The van der Waals surface area contributed by atoms with Crippen LogP contribution in [0.5, 0.6) is 0 Å². The molecule has 4 rings (SSSR count). The SMILES string of the molecule is CCNC(=NCc1cn2ccsc2n1)NC1CCN(c2ccccc2Br)C1. The number of fused-ring (bicyclic) bond motifs is 1. The summed E-state index contributed by atoms with van der Waals surface area (Å²) in [5, 5.41) is 8.98. The summed E-state index contributed by atoms with van der Waals surface area (Å²) in [5.74, 6) is 0.854. The molecule has 3 aromatic rings. The number of imidazole rings is 1. The van der Waals surface area contributed by atoms with Crippen LogP contribution in [0.4, 0.5) is 5.69 Å². The van der Waals surface area contributed by atoms with Crippen molar-refractivity contribution in [3.05, 3.63) is 52.2 Å². The molecule has 0 radical (unpaired) electrons. The average Bonchev–Trinajstić information content (AvgIpc) is 3.36. The lowest BCUT2D eigenvalue weighted by molar-refractivity contribution is 0.649. The quantitative estimate of drug-likeness (QED) is 0.465. The topological polar surface area (TPSA) is 57.0 Å². The number of para-hydroxylation sites is 1. The first-order chi connectivity index (χ1) is 13.2. The molecule has 1 aliphatic heterocycles. The molecule has 1 atom stereocenters. The van der Waals surface area contributed by atoms with E-state index < -0.39 is 0 Å². The number of aliphatic imine (C=N–C) groups is 1. The van der Waals surface area contributed by atoms with Gasteiger partial charge in [-0.15, -0.1) is 11.3 Å². The van der Waals surface area contributed by atoms with E-state index in [0.29, 0.717) is 12.6 Å². The Balaban J connectivity index is 1.39. The first-order valence-electron chi connectivity index (χ1n) is 9.18. The summed E-state index contributed by atoms with van der Waals surface area (Å²) in [6.07, 6.45) is 5.16. The number of hydrogen-bond acceptors (Lipinski definition) is 4. The second kappa shape index (κ2) is 8.31. The Labute approximate surface area is 171 Å². The van der Waals surface area contributed by atoms with E-state index in [1.54, 1.807) is 11.3 Å². The molecule has 0 spiro atoms. The van der Waals surface area contributed by atoms with E-state index in [9.17, 15) is 0 Å². The number of nitrogens with one attached hydrogen (secondary N) is 2. The number of guanidine groups is 1. The number of thiazole rings is 1. The van der Waals surface area contributed by atoms with Crippen molar-refractivity contribution >= 4 is 43.9 Å². The van der Waals surface area contributed by atoms with Crippen LogP contribution >= 0.6 is 27.3 Å². The zero-order chi connectivity index (χ0) is 18.6. The van der Waals surface area contributed by atoms with Gasteiger partial charge in [0.05, 0.1) is 17.9 Å². The summed E-state index contributed by atoms with van der Waals surface area (Å²) in [5.41, 5.74) is 2.24. The lowest BCUT2D eigenvalue weighted by Crippen LogP contribution is -2.44. The summed E-state index contributed by atoms with van der Waals surface area (Å²) in [6.45, 7) is 5.51. The Kier molecular flexibility index (Phi) is 5.63. The van der Waals surface area contributed by atoms with Crippen molar-refractivity contribution in [2.45, 2.75) is 25.9 Å². The van der Waals surface area contributed by atoms with Gasteiger partial charge in [-0.2, -0.15) is 0 Å². The maximum Gasteiger partial charge on any atom is 0.193 e. The fraction of sp³-hybridized carbons (Fsp3) is 0.368. The monoisotopic (exact) mass is 446 g/mol. The highest BCUT2D eigenvalue weighted by Crippen LogP contribution is 2.28. The van der Waals surface area contributed by atoms with Crippen LogP contribution in [-0.4, -0.2) is 41.0 Å². The number of nitrogens with zero attached hydrogens (tertiary/aromatic N) is 4. The minimum Gasteiger partial charge on any atom is -0.368 e. The van der Waals surface area contributed by atoms with Crippen LogP contribution in [0.25, 0.3) is 4.96 Å². The van der Waals surface area contributed by atoms with Gasteiger partial charge in [0.2, 0.25) is 0 Å². The lowest BCUT2D eigenvalue weighted by atomic mass is 10.3. The molecule has 142 valence electrons. The fourth-order valence-corrected chi connectivity index (χ4v) is 4.59. The van der Waals surface area contributed by atoms with Crippen molar-refractivity contribution in [1.29, 1.82) is 0 Å². The van der Waals surface area contributed by atoms with Crippen molar-refractivity contribution < 1.29 is 0 Å². The van der Waals surface area contributed by atoms with E-state index in [1.807, 2.05) is 22.2 Å². The third kappa shape index (κ3) is 4.27. The molecule has 8 heteroatoms. The Morgan fingerprint density at radius 3 is 3.11 bits per heavy atom. The van der Waals surface area contributed by atoms with Crippen molar-refractivity contribution in [1.82, 2.24) is 20.0 Å². The van der Waals surface area contributed by atoms with Crippen LogP contribution < -0.4 is 15.5 Å². The minimum absolute atomic E-state index is 0.375. The van der Waals surface area contributed by atoms with Crippen molar-refractivity contribution in [3.8, 4) is 0 Å². The molecule has 2 aromatic heterocycles. The number of anilines is 1. The lowest BCUT2D eigenvalue weighted by Gasteiger charge is -2.21. The van der Waals surface area contributed by atoms with E-state index >= 15 is 0 Å². The minimum atomic E-state index is 0.375. The molecule has 0 amide bonds. The van der Waals surface area contributed by atoms with Crippen LogP contribution in [-0.2, 0) is 6.54 Å². The molecule has 1 fully saturated rings. The molecular weight excluding hydrogens is 424 g/mol. The second-order valence-corrected chi connectivity index (χ2v) is 8.27. The average molecular weight is 447 g/mol. The maximum atomic E-state index is 4.73. The smallest absolute Gasteiger partial charge is 0.193 e. The Bertz CT molecular complexity index is 905. The summed E-state index contributed by atoms with van der Waals surface area (Å²) >= 11 is 5.30. The first-order valence-corrected chi connectivity index (χ1v) is 10.9. The predicted octanol–water partition coefficient (Wildman–Crippen LogP) is 3.49. The molecule has 27 heavy (non-hydrogen) atoms. The molecule has 6 nitrogen and oxygen atoms in total. The van der Waals surface area contributed by atoms with Crippen LogP contribution in [0.15, 0.2) is 51.5 Å². The highest BCUT2D eigenvalue weighted by Gasteiger charge is 2.24. The van der Waals surface area contributed by atoms with Gasteiger partial charge in [-0.05, 0) is 41.4 Å². The Morgan fingerprint density at radius 1 is 1.41 bits per heavy atom. The van der Waals surface area contributed by atoms with E-state index in [0.717, 1.165) is 47.1 Å². The molecule has 0 aliphatic carbocycles. The highest BCUT2D eigenvalue weighted by atomic mass is 79.9. The van der Waals surface area contributed by atoms with Gasteiger partial charge >= 0.3 is 0 Å². The van der Waals surface area contributed by atoms with Gasteiger partial charge in [0.25, 0.3) is 0 Å². The summed E-state index contributed by atoms with van der Waals surface area (Å²) in [6, 6.07) is 8.77. The molecule has 2 N–H and O–H groups in total. The van der Waals surface area contributed by atoms with Gasteiger partial charge in [-0.25, -0.2) is 9.98 Å². The first kappa shape index (κ1) is 18.3. The molecule has 1 saturated heterocycles. The zero-order valence-electron chi connectivity index (χ0n) is 15.2. The molecule has 0 saturated carbocycles. The van der Waals surface area contributed by atoms with Crippen LogP contribution in [0, 0.1) is 0 Å². The van der Waals surface area contributed by atoms with Gasteiger partial charge in [0.15, 0.2) is 10.9 Å². The molecule has 3 heterocycles. The Hall–Kier alpha value is -2.06. The predicted molar refractivity (Wildman–Crippen MR) is 116 cm³/mol. The molecular formula is C19H23BrN6S. The fourth-order valence-electron chi connectivity index (χ4n) is 3.33. The third-order valence-electron chi connectivity index (χ3n) is 4.61. The second-order valence-electron chi connectivity index (χ2n) is 6.55. The van der Waals surface area contributed by atoms with Gasteiger partial charge in [-0.3, -0.25) is 4.40 Å². The number of aromatic nitrogens is 2. The van der Waals surface area contributed by atoms with Crippen LogP contribution in [0.3, 0.4) is 0 Å². The summed E-state index contributed by atoms with van der Waals surface area (Å²) < 4.78 is 3.19. The number of benzene rings is 1. The van der Waals surface area contributed by atoms with Gasteiger partial charge in [0, 0.05) is 47.9 Å². The molecule has 0 bridgehead atoms. The maximum absolute atomic E-state index is 4.73. The van der Waals surface area contributed by atoms with Crippen molar-refractivity contribution in [2.24, 2.45) is 4.99 Å². The standard InChI is InChI=1S/C19H23BrN6S/c1-2-21-18(22-11-15-13-26-9-10-27-19(26)24-15)23-14-7-8-25(12-14)17-6-4-3-5-16(17)20/h3-6,9-10,13-14H,2,7-8,11-12H2,1H3,(H2,21,22,23). The third-order valence-corrected chi connectivity index (χ3v) is 6.05. The molecule has 1 unspecified atom stereocenters. The van der Waals surface area contributed by atoms with E-state index in [-0.39, 0.29) is 0 Å². The summed E-state index contributed by atoms with van der Waals surface area (Å²) in [4.78, 5) is 12.8. The van der Waals surface area contributed by atoms with Gasteiger partial charge < -0.3 is 15.5 Å². The normalized spacial score (nSPS) is 17.6. The number of hydrogen-bond donors (Lipinski definition) is 2. The molecule has 1 aliphatic rings. The van der Waals surface area contributed by atoms with Crippen LogP contribution in [0.2, 0.25) is 0 Å². The van der Waals surface area contributed by atoms with E-state index in [2.05, 4.69) is 67.6 Å². The van der Waals surface area contributed by atoms with E-state index in [1.165, 1.54) is 5.69 Å². The number of halogens is 1. The number of rotatable bonds is 5. The zero-order valence-corrected chi connectivity index (χ0v) is 17.6.